The van der Waals surface area contributed by atoms with Gasteiger partial charge in [-0.15, -0.1) is 10.2 Å². The summed E-state index contributed by atoms with van der Waals surface area (Å²) in [6.45, 7) is 3.14. The van der Waals surface area contributed by atoms with E-state index in [9.17, 15) is 4.79 Å². The number of hydrogen-bond donors (Lipinski definition) is 2. The molecule has 2 atom stereocenters. The van der Waals surface area contributed by atoms with E-state index < -0.39 is 0 Å². The number of carbonyl (C=O) groups is 1. The van der Waals surface area contributed by atoms with Crippen LogP contribution in [0.3, 0.4) is 0 Å². The fourth-order valence-corrected chi connectivity index (χ4v) is 4.60. The number of rotatable bonds is 6. The molecule has 7 heteroatoms. The van der Waals surface area contributed by atoms with Crippen molar-refractivity contribution in [2.24, 2.45) is 5.92 Å². The van der Waals surface area contributed by atoms with Crippen LogP contribution in [0.15, 0.2) is 0 Å². The van der Waals surface area contributed by atoms with Crippen molar-refractivity contribution in [1.82, 2.24) is 20.4 Å². The molecule has 2 aliphatic heterocycles. The number of anilines is 1. The Morgan fingerprint density at radius 3 is 2.96 bits per heavy atom. The Labute approximate surface area is 141 Å². The highest BCUT2D eigenvalue weighted by Crippen LogP contribution is 2.33. The van der Waals surface area contributed by atoms with Crippen LogP contribution in [0.1, 0.15) is 50.0 Å². The molecule has 0 aromatic carbocycles. The van der Waals surface area contributed by atoms with Crippen LogP contribution in [0.2, 0.25) is 0 Å². The number of nitrogens with zero attached hydrogens (tertiary/aromatic N) is 3. The summed E-state index contributed by atoms with van der Waals surface area (Å²) in [7, 11) is 0. The third-order valence-corrected chi connectivity index (χ3v) is 5.93. The van der Waals surface area contributed by atoms with Crippen molar-refractivity contribution >= 4 is 22.4 Å². The van der Waals surface area contributed by atoms with E-state index in [1.807, 2.05) is 0 Å². The fourth-order valence-electron chi connectivity index (χ4n) is 4.00. The van der Waals surface area contributed by atoms with Crippen molar-refractivity contribution in [3.05, 3.63) is 5.01 Å². The summed E-state index contributed by atoms with van der Waals surface area (Å²) in [5, 5.41) is 12.1. The lowest BCUT2D eigenvalue weighted by atomic mass is 9.81. The molecule has 0 spiro atoms. The van der Waals surface area contributed by atoms with Crippen LogP contribution < -0.4 is 11.1 Å². The zero-order chi connectivity index (χ0) is 16.1. The van der Waals surface area contributed by atoms with Gasteiger partial charge in [0.2, 0.25) is 11.0 Å². The first-order valence-corrected chi connectivity index (χ1v) is 9.62. The number of nitrogens with two attached hydrogens (primary N) is 1. The van der Waals surface area contributed by atoms with Crippen LogP contribution in [0.5, 0.6) is 0 Å². The second-order valence-corrected chi connectivity index (χ2v) is 7.77. The Kier molecular flexibility index (Phi) is 5.83. The largest absolute Gasteiger partial charge is 0.374 e. The Balaban J connectivity index is 1.36. The normalized spacial score (nSPS) is 25.0. The van der Waals surface area contributed by atoms with Crippen LogP contribution >= 0.6 is 11.3 Å². The summed E-state index contributed by atoms with van der Waals surface area (Å²) in [6.07, 6.45) is 8.99. The van der Waals surface area contributed by atoms with Gasteiger partial charge in [-0.3, -0.25) is 4.79 Å². The van der Waals surface area contributed by atoms with E-state index in [0.717, 1.165) is 17.5 Å². The molecule has 0 radical (unpaired) electrons. The van der Waals surface area contributed by atoms with Crippen molar-refractivity contribution < 1.29 is 4.79 Å². The van der Waals surface area contributed by atoms with Crippen molar-refractivity contribution in [2.75, 3.05) is 25.4 Å². The minimum Gasteiger partial charge on any atom is -0.374 e. The number of hydrogen-bond acceptors (Lipinski definition) is 6. The maximum atomic E-state index is 12.1. The molecule has 0 unspecified atom stereocenters. The molecule has 3 heterocycles. The minimum absolute atomic E-state index is 0.162. The van der Waals surface area contributed by atoms with Gasteiger partial charge in [-0.25, -0.2) is 0 Å². The monoisotopic (exact) mass is 337 g/mol. The number of nitrogen functional groups attached to an aromatic ring is 1. The molecule has 3 N–H and O–H groups in total. The Bertz CT molecular complexity index is 518. The highest BCUT2D eigenvalue weighted by atomic mass is 32.1. The van der Waals surface area contributed by atoms with Gasteiger partial charge in [0.05, 0.1) is 0 Å². The average molecular weight is 337 g/mol. The molecule has 2 saturated heterocycles. The Morgan fingerprint density at radius 2 is 2.13 bits per heavy atom. The smallest absolute Gasteiger partial charge is 0.220 e. The van der Waals surface area contributed by atoms with Crippen LogP contribution in [-0.2, 0) is 11.2 Å². The SMILES string of the molecule is Nc1nnc(CCNC(=O)CC[C@@H]2CCCN3CCCC[C@H]23)s1. The molecule has 2 aliphatic rings. The molecule has 0 saturated carbocycles. The zero-order valence-electron chi connectivity index (χ0n) is 13.7. The second kappa shape index (κ2) is 8.06. The molecule has 3 rings (SSSR count). The Morgan fingerprint density at radius 1 is 1.26 bits per heavy atom. The molecule has 2 fully saturated rings. The zero-order valence-corrected chi connectivity index (χ0v) is 14.5. The average Bonchev–Trinajstić information content (AvgIpc) is 2.98. The van der Waals surface area contributed by atoms with Gasteiger partial charge < -0.3 is 16.0 Å². The molecule has 1 aromatic heterocycles. The summed E-state index contributed by atoms with van der Waals surface area (Å²) >= 11 is 1.39. The Hall–Kier alpha value is -1.21. The van der Waals surface area contributed by atoms with Crippen LogP contribution in [0, 0.1) is 5.92 Å². The molecule has 1 amide bonds. The lowest BCUT2D eigenvalue weighted by Crippen LogP contribution is -2.48. The lowest BCUT2D eigenvalue weighted by Gasteiger charge is -2.44. The number of aromatic nitrogens is 2. The molecular weight excluding hydrogens is 310 g/mol. The van der Waals surface area contributed by atoms with E-state index >= 15 is 0 Å². The fraction of sp³-hybridized carbons (Fsp3) is 0.812. The number of fused-ring (bicyclic) bond motifs is 1. The molecular formula is C16H27N5OS. The van der Waals surface area contributed by atoms with Gasteiger partial charge in [-0.05, 0) is 51.1 Å². The molecule has 128 valence electrons. The minimum atomic E-state index is 0.162. The van der Waals surface area contributed by atoms with Crippen molar-refractivity contribution in [3.63, 3.8) is 0 Å². The highest BCUT2D eigenvalue weighted by Gasteiger charge is 2.32. The maximum absolute atomic E-state index is 12.1. The number of carbonyl (C=O) groups excluding carboxylic acids is 1. The van der Waals surface area contributed by atoms with Gasteiger partial charge >= 0.3 is 0 Å². The van der Waals surface area contributed by atoms with Crippen molar-refractivity contribution in [1.29, 1.82) is 0 Å². The van der Waals surface area contributed by atoms with E-state index in [0.29, 0.717) is 30.4 Å². The van der Waals surface area contributed by atoms with Crippen molar-refractivity contribution in [2.45, 2.75) is 57.4 Å². The first-order valence-electron chi connectivity index (χ1n) is 8.81. The van der Waals surface area contributed by atoms with Crippen molar-refractivity contribution in [3.8, 4) is 0 Å². The van der Waals surface area contributed by atoms with E-state index in [1.54, 1.807) is 0 Å². The predicted molar refractivity (Wildman–Crippen MR) is 92.2 cm³/mol. The lowest BCUT2D eigenvalue weighted by molar-refractivity contribution is -0.121. The van der Waals surface area contributed by atoms with Crippen LogP contribution in [0.25, 0.3) is 0 Å². The molecule has 1 aromatic rings. The second-order valence-electron chi connectivity index (χ2n) is 6.67. The summed E-state index contributed by atoms with van der Waals surface area (Å²) in [5.74, 6) is 0.869. The predicted octanol–water partition coefficient (Wildman–Crippen LogP) is 1.82. The van der Waals surface area contributed by atoms with Gasteiger partial charge in [0.25, 0.3) is 0 Å². The molecule has 6 nitrogen and oxygen atoms in total. The molecule has 23 heavy (non-hydrogen) atoms. The summed E-state index contributed by atoms with van der Waals surface area (Å²) in [6, 6.07) is 0.731. The summed E-state index contributed by atoms with van der Waals surface area (Å²) in [4.78, 5) is 14.7. The highest BCUT2D eigenvalue weighted by molar-refractivity contribution is 7.15. The summed E-state index contributed by atoms with van der Waals surface area (Å²) < 4.78 is 0. The van der Waals surface area contributed by atoms with Crippen LogP contribution in [0.4, 0.5) is 5.13 Å². The third kappa shape index (κ3) is 4.64. The first kappa shape index (κ1) is 16.6. The van der Waals surface area contributed by atoms with Gasteiger partial charge in [0, 0.05) is 25.4 Å². The number of amides is 1. The molecule has 0 bridgehead atoms. The number of piperidine rings is 2. The molecule has 0 aliphatic carbocycles. The van der Waals surface area contributed by atoms with E-state index in [2.05, 4.69) is 20.4 Å². The van der Waals surface area contributed by atoms with Crippen LogP contribution in [-0.4, -0.2) is 46.7 Å². The summed E-state index contributed by atoms with van der Waals surface area (Å²) in [5.41, 5.74) is 5.55. The number of nitrogens with one attached hydrogen (secondary N) is 1. The van der Waals surface area contributed by atoms with Gasteiger partial charge in [0.1, 0.15) is 5.01 Å². The van der Waals surface area contributed by atoms with Gasteiger partial charge in [0.15, 0.2) is 0 Å². The quantitative estimate of drug-likeness (QED) is 0.827. The van der Waals surface area contributed by atoms with Gasteiger partial charge in [-0.2, -0.15) is 0 Å². The van der Waals surface area contributed by atoms with E-state index in [1.165, 1.54) is 56.5 Å². The topological polar surface area (TPSA) is 84.1 Å². The maximum Gasteiger partial charge on any atom is 0.220 e. The van der Waals surface area contributed by atoms with E-state index in [4.69, 9.17) is 5.73 Å². The first-order chi connectivity index (χ1) is 11.2. The van der Waals surface area contributed by atoms with E-state index in [-0.39, 0.29) is 5.91 Å². The third-order valence-electron chi connectivity index (χ3n) is 5.11. The standard InChI is InChI=1S/C16H27N5OS/c17-16-20-19-15(23-16)8-9-18-14(22)7-6-12-4-3-11-21-10-2-1-5-13(12)21/h12-13H,1-11H2,(H2,17,20)(H,18,22)/t12-,13+/m0/s1. The van der Waals surface area contributed by atoms with Gasteiger partial charge in [-0.1, -0.05) is 17.8 Å².